The van der Waals surface area contributed by atoms with Crippen LogP contribution in [-0.2, 0) is 22.6 Å². The molecule has 5 atom stereocenters. The normalized spacial score (nSPS) is 29.5. The Morgan fingerprint density at radius 2 is 1.73 bits per heavy atom. The number of imidazole rings is 1. The van der Waals surface area contributed by atoms with E-state index < -0.39 is 0 Å². The molecule has 2 amide bonds. The van der Waals surface area contributed by atoms with Gasteiger partial charge in [0.05, 0.1) is 12.2 Å². The average molecular weight is 504 g/mol. The number of hydrogen-bond acceptors (Lipinski definition) is 4. The van der Waals surface area contributed by atoms with Gasteiger partial charge < -0.3 is 14.4 Å². The van der Waals surface area contributed by atoms with Crippen LogP contribution in [0.5, 0.6) is 0 Å². The number of nitrogens with zero attached hydrogens (tertiary/aromatic N) is 5. The second-order valence-electron chi connectivity index (χ2n) is 11.7. The Labute approximate surface area is 220 Å². The molecule has 0 saturated carbocycles. The number of piperidine rings is 1. The predicted molar refractivity (Wildman–Crippen MR) is 143 cm³/mol. The fourth-order valence-electron chi connectivity index (χ4n) is 7.88. The summed E-state index contributed by atoms with van der Waals surface area (Å²) in [4.78, 5) is 36.3. The molecule has 3 saturated heterocycles. The maximum atomic E-state index is 12.6. The van der Waals surface area contributed by atoms with Crippen LogP contribution >= 0.6 is 0 Å². The van der Waals surface area contributed by atoms with Gasteiger partial charge in [0, 0.05) is 75.7 Å². The second-order valence-corrected chi connectivity index (χ2v) is 11.7. The number of rotatable bonds is 5. The van der Waals surface area contributed by atoms with Gasteiger partial charge in [-0.25, -0.2) is 4.98 Å². The molecule has 1 aromatic heterocycles. The van der Waals surface area contributed by atoms with Gasteiger partial charge in [0.2, 0.25) is 11.8 Å². The minimum atomic E-state index is 0.143. The molecule has 0 radical (unpaired) electrons. The zero-order chi connectivity index (χ0) is 25.7. The monoisotopic (exact) mass is 503 g/mol. The van der Waals surface area contributed by atoms with Gasteiger partial charge in [0.25, 0.3) is 0 Å². The fraction of sp³-hybridized carbons (Fsp3) is 0.633. The summed E-state index contributed by atoms with van der Waals surface area (Å²) in [6.07, 6.45) is 6.40. The molecule has 0 N–H and O–H groups in total. The Bertz CT molecular complexity index is 1150. The van der Waals surface area contributed by atoms with Crippen LogP contribution in [0.4, 0.5) is 0 Å². The third kappa shape index (κ3) is 4.49. The van der Waals surface area contributed by atoms with Gasteiger partial charge >= 0.3 is 0 Å². The van der Waals surface area contributed by atoms with E-state index in [1.54, 1.807) is 6.92 Å². The zero-order valence-electron chi connectivity index (χ0n) is 22.6. The van der Waals surface area contributed by atoms with E-state index in [-0.39, 0.29) is 11.8 Å². The topological polar surface area (TPSA) is 61.7 Å². The summed E-state index contributed by atoms with van der Waals surface area (Å²) >= 11 is 0. The van der Waals surface area contributed by atoms with Gasteiger partial charge in [-0.05, 0) is 44.1 Å². The molecule has 2 bridgehead atoms. The predicted octanol–water partition coefficient (Wildman–Crippen LogP) is 3.92. The first kappa shape index (κ1) is 24.7. The highest BCUT2D eigenvalue weighted by molar-refractivity contribution is 5.76. The van der Waals surface area contributed by atoms with Gasteiger partial charge in [-0.2, -0.15) is 0 Å². The van der Waals surface area contributed by atoms with Crippen molar-refractivity contribution < 1.29 is 9.59 Å². The van der Waals surface area contributed by atoms with Crippen molar-refractivity contribution in [2.45, 2.75) is 89.9 Å². The Morgan fingerprint density at radius 1 is 1.00 bits per heavy atom. The fourth-order valence-corrected chi connectivity index (χ4v) is 7.88. The third-order valence-corrected chi connectivity index (χ3v) is 9.67. The molecule has 7 nitrogen and oxygen atoms in total. The molecule has 198 valence electrons. The van der Waals surface area contributed by atoms with Crippen LogP contribution < -0.4 is 0 Å². The lowest BCUT2D eigenvalue weighted by Crippen LogP contribution is -2.47. The van der Waals surface area contributed by atoms with Crippen LogP contribution in [0.2, 0.25) is 0 Å². The largest absolute Gasteiger partial charge is 0.342 e. The summed E-state index contributed by atoms with van der Waals surface area (Å²) in [5.74, 6) is 2.44. The van der Waals surface area contributed by atoms with E-state index >= 15 is 0 Å². The van der Waals surface area contributed by atoms with Crippen LogP contribution in [0.25, 0.3) is 0 Å². The molecule has 3 fully saturated rings. The van der Waals surface area contributed by atoms with E-state index in [0.29, 0.717) is 42.9 Å². The lowest BCUT2D eigenvalue weighted by molar-refractivity contribution is -0.130. The SMILES string of the molecule is CCC(=O)N1C[C@H](CN2[C@@H]3CC[C@H]2CC(n2c(C)nc4c2CCN(C(C)=O)C4)C3)[C@@H](c2ccccc2)C1. The van der Waals surface area contributed by atoms with Crippen molar-refractivity contribution in [3.05, 3.63) is 53.1 Å². The smallest absolute Gasteiger partial charge is 0.222 e. The quantitative estimate of drug-likeness (QED) is 0.621. The summed E-state index contributed by atoms with van der Waals surface area (Å²) in [5, 5.41) is 0. The number of aryl methyl sites for hydroxylation is 1. The number of likely N-dealkylation sites (tertiary alicyclic amines) is 1. The Kier molecular flexibility index (Phi) is 6.59. The summed E-state index contributed by atoms with van der Waals surface area (Å²) in [6.45, 7) is 10.1. The molecule has 5 heterocycles. The summed E-state index contributed by atoms with van der Waals surface area (Å²) in [5.41, 5.74) is 3.84. The number of fused-ring (bicyclic) bond motifs is 3. The molecule has 2 aromatic rings. The maximum Gasteiger partial charge on any atom is 0.222 e. The van der Waals surface area contributed by atoms with Gasteiger partial charge in [-0.15, -0.1) is 0 Å². The highest BCUT2D eigenvalue weighted by Gasteiger charge is 2.45. The lowest BCUT2D eigenvalue weighted by atomic mass is 9.87. The van der Waals surface area contributed by atoms with Crippen molar-refractivity contribution in [1.29, 1.82) is 0 Å². The molecule has 4 aliphatic rings. The Morgan fingerprint density at radius 3 is 2.41 bits per heavy atom. The van der Waals surface area contributed by atoms with E-state index in [4.69, 9.17) is 4.98 Å². The zero-order valence-corrected chi connectivity index (χ0v) is 22.6. The standard InChI is InChI=1S/C30H41N5O2/c1-4-30(37)33-16-23(27(18-33)22-8-6-5-7-9-22)17-34-24-10-11-25(34)15-26(14-24)35-20(2)31-28-19-32(21(3)36)13-12-29(28)35/h5-9,23-27H,4,10-19H2,1-3H3/t23-,24-,25+,26?,27-/m1/s1. The molecule has 0 spiro atoms. The Hall–Kier alpha value is -2.67. The lowest BCUT2D eigenvalue weighted by Gasteiger charge is -2.42. The van der Waals surface area contributed by atoms with Crippen molar-refractivity contribution in [1.82, 2.24) is 24.3 Å². The van der Waals surface area contributed by atoms with E-state index in [2.05, 4.69) is 51.6 Å². The van der Waals surface area contributed by atoms with E-state index in [9.17, 15) is 9.59 Å². The highest BCUT2D eigenvalue weighted by Crippen LogP contribution is 2.44. The number of carbonyl (C=O) groups excluding carboxylic acids is 2. The van der Waals surface area contributed by atoms with Crippen molar-refractivity contribution in [2.24, 2.45) is 5.92 Å². The molecule has 1 aromatic carbocycles. The number of carbonyl (C=O) groups is 2. The van der Waals surface area contributed by atoms with Crippen LogP contribution in [0.15, 0.2) is 30.3 Å². The number of hydrogen-bond donors (Lipinski definition) is 0. The van der Waals surface area contributed by atoms with Crippen LogP contribution in [0, 0.1) is 12.8 Å². The first-order valence-corrected chi connectivity index (χ1v) is 14.3. The van der Waals surface area contributed by atoms with Crippen LogP contribution in [-0.4, -0.2) is 74.3 Å². The van der Waals surface area contributed by atoms with Gasteiger partial charge in [0.1, 0.15) is 5.82 Å². The van der Waals surface area contributed by atoms with Gasteiger partial charge in [0.15, 0.2) is 0 Å². The van der Waals surface area contributed by atoms with Crippen molar-refractivity contribution in [3.63, 3.8) is 0 Å². The van der Waals surface area contributed by atoms with Gasteiger partial charge in [-0.1, -0.05) is 37.3 Å². The average Bonchev–Trinajstić information content (AvgIpc) is 3.54. The first-order chi connectivity index (χ1) is 17.9. The minimum absolute atomic E-state index is 0.143. The van der Waals surface area contributed by atoms with Crippen molar-refractivity contribution in [3.8, 4) is 0 Å². The number of amides is 2. The number of aromatic nitrogens is 2. The third-order valence-electron chi connectivity index (χ3n) is 9.67. The molecule has 7 heteroatoms. The van der Waals surface area contributed by atoms with Crippen LogP contribution in [0.1, 0.15) is 80.7 Å². The minimum Gasteiger partial charge on any atom is -0.342 e. The summed E-state index contributed by atoms with van der Waals surface area (Å²) in [6, 6.07) is 12.6. The molecular weight excluding hydrogens is 462 g/mol. The van der Waals surface area contributed by atoms with Crippen molar-refractivity contribution in [2.75, 3.05) is 26.2 Å². The summed E-state index contributed by atoms with van der Waals surface area (Å²) < 4.78 is 2.54. The Balaban J connectivity index is 1.19. The number of benzene rings is 1. The van der Waals surface area contributed by atoms with E-state index in [0.717, 1.165) is 44.1 Å². The first-order valence-electron chi connectivity index (χ1n) is 14.3. The molecule has 4 aliphatic heterocycles. The van der Waals surface area contributed by atoms with Gasteiger partial charge in [-0.3, -0.25) is 14.5 Å². The highest BCUT2D eigenvalue weighted by atomic mass is 16.2. The molecular formula is C30H41N5O2. The van der Waals surface area contributed by atoms with Crippen molar-refractivity contribution >= 4 is 11.8 Å². The second kappa shape index (κ2) is 9.90. The molecule has 37 heavy (non-hydrogen) atoms. The van der Waals surface area contributed by atoms with E-state index in [1.807, 2.05) is 11.8 Å². The van der Waals surface area contributed by atoms with E-state index in [1.165, 1.54) is 36.9 Å². The molecule has 1 unspecified atom stereocenters. The summed E-state index contributed by atoms with van der Waals surface area (Å²) in [7, 11) is 0. The molecule has 6 rings (SSSR count). The molecule has 0 aliphatic carbocycles. The van der Waals surface area contributed by atoms with Crippen LogP contribution in [0.3, 0.4) is 0 Å². The maximum absolute atomic E-state index is 12.6.